The van der Waals surface area contributed by atoms with Crippen molar-refractivity contribution in [2.45, 2.75) is 45.6 Å². The number of hydrogen-bond acceptors (Lipinski definition) is 1. The molecule has 0 heterocycles. The second-order valence-corrected chi connectivity index (χ2v) is 4.05. The molecule has 86 valence electrons. The molecule has 0 saturated heterocycles. The Morgan fingerprint density at radius 3 is 2.40 bits per heavy atom. The van der Waals surface area contributed by atoms with Crippen molar-refractivity contribution in [3.63, 3.8) is 0 Å². The average Bonchev–Trinajstić information content (AvgIpc) is 2.13. The van der Waals surface area contributed by atoms with Crippen LogP contribution in [0.2, 0.25) is 0 Å². The predicted octanol–water partition coefficient (Wildman–Crippen LogP) is 3.91. The monoisotopic (exact) mass is 212 g/mol. The van der Waals surface area contributed by atoms with E-state index in [0.29, 0.717) is 12.8 Å². The Balaban J connectivity index is 3.77. The minimum atomic E-state index is -1.02. The van der Waals surface area contributed by atoms with Crippen LogP contribution in [0.1, 0.15) is 39.5 Å². The number of halogens is 1. The maximum atomic E-state index is 12.4. The van der Waals surface area contributed by atoms with Gasteiger partial charge in [-0.2, -0.15) is 0 Å². The average molecular weight is 212 g/mol. The van der Waals surface area contributed by atoms with Gasteiger partial charge in [-0.3, -0.25) is 0 Å². The summed E-state index contributed by atoms with van der Waals surface area (Å²) in [5.74, 6) is -0.648. The highest BCUT2D eigenvalue weighted by molar-refractivity contribution is 5.02. The Morgan fingerprint density at radius 2 is 1.93 bits per heavy atom. The normalized spacial score (nSPS) is 13.7. The highest BCUT2D eigenvalue weighted by atomic mass is 19.1. The van der Waals surface area contributed by atoms with Gasteiger partial charge in [0.15, 0.2) is 0 Å². The highest BCUT2D eigenvalue weighted by Gasteiger charge is 2.07. The summed E-state index contributed by atoms with van der Waals surface area (Å²) in [6.45, 7) is 10.9. The number of allylic oxidation sites excluding steroid dienone is 3. The van der Waals surface area contributed by atoms with E-state index in [1.807, 2.05) is 13.8 Å². The second kappa shape index (κ2) is 7.41. The third-order valence-corrected chi connectivity index (χ3v) is 2.24. The molecular formula is C13H21FO. The molecule has 1 atom stereocenters. The zero-order chi connectivity index (χ0) is 11.8. The zero-order valence-electron chi connectivity index (χ0n) is 9.72. The van der Waals surface area contributed by atoms with Crippen molar-refractivity contribution in [1.29, 1.82) is 0 Å². The first-order valence-electron chi connectivity index (χ1n) is 5.26. The Bertz CT molecular complexity index is 253. The minimum Gasteiger partial charge on any atom is -0.386 e. The van der Waals surface area contributed by atoms with Crippen LogP contribution in [-0.4, -0.2) is 11.2 Å². The van der Waals surface area contributed by atoms with Crippen molar-refractivity contribution in [2.75, 3.05) is 0 Å². The molecule has 0 bridgehead atoms. The van der Waals surface area contributed by atoms with Gasteiger partial charge in [0.25, 0.3) is 0 Å². The molecule has 0 amide bonds. The number of aliphatic hydroxyl groups excluding tert-OH is 1. The van der Waals surface area contributed by atoms with E-state index in [0.717, 1.165) is 18.4 Å². The molecule has 1 N–H and O–H groups in total. The lowest BCUT2D eigenvalue weighted by Crippen LogP contribution is -2.05. The van der Waals surface area contributed by atoms with Crippen LogP contribution >= 0.6 is 0 Å². The lowest BCUT2D eigenvalue weighted by molar-refractivity contribution is 0.174. The summed E-state index contributed by atoms with van der Waals surface area (Å²) in [5, 5.41) is 9.17. The van der Waals surface area contributed by atoms with Crippen LogP contribution in [0.5, 0.6) is 0 Å². The Morgan fingerprint density at radius 1 is 1.33 bits per heavy atom. The molecule has 1 nitrogen and oxygen atoms in total. The fourth-order valence-corrected chi connectivity index (χ4v) is 1.19. The molecule has 0 radical (unpaired) electrons. The Labute approximate surface area is 92.0 Å². The molecule has 2 heteroatoms. The van der Waals surface area contributed by atoms with Gasteiger partial charge in [0.2, 0.25) is 0 Å². The van der Waals surface area contributed by atoms with Crippen molar-refractivity contribution < 1.29 is 9.50 Å². The predicted molar refractivity (Wildman–Crippen MR) is 63.3 cm³/mol. The van der Waals surface area contributed by atoms with Crippen molar-refractivity contribution in [1.82, 2.24) is 0 Å². The lowest BCUT2D eigenvalue weighted by Gasteiger charge is -2.07. The lowest BCUT2D eigenvalue weighted by atomic mass is 10.1. The standard InChI is InChI=1S/C13H21FO/c1-10(2)6-5-7-11(3)8-9-13(15)12(4)14/h7,13,15H,1,4-6,8-9H2,2-3H3/b11-7+. The Hall–Kier alpha value is -0.890. The molecule has 0 aliphatic rings. The van der Waals surface area contributed by atoms with E-state index in [2.05, 4.69) is 19.2 Å². The second-order valence-electron chi connectivity index (χ2n) is 4.05. The summed E-state index contributed by atoms with van der Waals surface area (Å²) in [6, 6.07) is 0. The molecule has 1 unspecified atom stereocenters. The smallest absolute Gasteiger partial charge is 0.121 e. The van der Waals surface area contributed by atoms with Crippen LogP contribution in [-0.2, 0) is 0 Å². The molecule has 0 aromatic rings. The van der Waals surface area contributed by atoms with E-state index >= 15 is 0 Å². The highest BCUT2D eigenvalue weighted by Crippen LogP contribution is 2.14. The van der Waals surface area contributed by atoms with E-state index in [4.69, 9.17) is 0 Å². The summed E-state index contributed by atoms with van der Waals surface area (Å²) < 4.78 is 12.4. The summed E-state index contributed by atoms with van der Waals surface area (Å²) >= 11 is 0. The minimum absolute atomic E-state index is 0.407. The van der Waals surface area contributed by atoms with Crippen LogP contribution in [0, 0.1) is 0 Å². The van der Waals surface area contributed by atoms with Gasteiger partial charge in [-0.05, 0) is 39.5 Å². The van der Waals surface area contributed by atoms with Gasteiger partial charge in [0, 0.05) is 0 Å². The molecule has 0 saturated carbocycles. The van der Waals surface area contributed by atoms with Crippen LogP contribution in [0.25, 0.3) is 0 Å². The molecule has 0 aliphatic heterocycles. The van der Waals surface area contributed by atoms with Gasteiger partial charge in [0.1, 0.15) is 11.9 Å². The zero-order valence-corrected chi connectivity index (χ0v) is 9.72. The SMILES string of the molecule is C=C(C)CC/C=C(\C)CCC(O)C(=C)F. The maximum Gasteiger partial charge on any atom is 0.121 e. The fourth-order valence-electron chi connectivity index (χ4n) is 1.19. The first-order valence-corrected chi connectivity index (χ1v) is 5.26. The first kappa shape index (κ1) is 14.1. The molecular weight excluding hydrogens is 191 g/mol. The first-order chi connectivity index (χ1) is 6.93. The van der Waals surface area contributed by atoms with Crippen LogP contribution in [0.3, 0.4) is 0 Å². The molecule has 0 aliphatic carbocycles. The fraction of sp³-hybridized carbons (Fsp3) is 0.538. The largest absolute Gasteiger partial charge is 0.386 e. The molecule has 0 fully saturated rings. The van der Waals surface area contributed by atoms with E-state index in [9.17, 15) is 9.50 Å². The number of hydrogen-bond donors (Lipinski definition) is 1. The van der Waals surface area contributed by atoms with Crippen LogP contribution in [0.4, 0.5) is 4.39 Å². The van der Waals surface area contributed by atoms with E-state index in [-0.39, 0.29) is 0 Å². The van der Waals surface area contributed by atoms with E-state index < -0.39 is 11.9 Å². The number of aliphatic hydroxyl groups is 1. The van der Waals surface area contributed by atoms with Gasteiger partial charge < -0.3 is 5.11 Å². The van der Waals surface area contributed by atoms with Crippen molar-refractivity contribution in [2.24, 2.45) is 0 Å². The summed E-state index contributed by atoms with van der Waals surface area (Å²) in [4.78, 5) is 0. The Kier molecular flexibility index (Phi) is 6.97. The number of rotatable bonds is 7. The van der Waals surface area contributed by atoms with Gasteiger partial charge in [0.05, 0.1) is 0 Å². The molecule has 0 aromatic heterocycles. The van der Waals surface area contributed by atoms with Crippen LogP contribution in [0.15, 0.2) is 36.2 Å². The molecule has 0 rings (SSSR count). The van der Waals surface area contributed by atoms with E-state index in [1.165, 1.54) is 5.57 Å². The third kappa shape index (κ3) is 8.13. The van der Waals surface area contributed by atoms with Gasteiger partial charge in [-0.1, -0.05) is 23.8 Å². The maximum absolute atomic E-state index is 12.4. The summed E-state index contributed by atoms with van der Waals surface area (Å²) in [5.41, 5.74) is 2.34. The summed E-state index contributed by atoms with van der Waals surface area (Å²) in [7, 11) is 0. The van der Waals surface area contributed by atoms with Gasteiger partial charge >= 0.3 is 0 Å². The van der Waals surface area contributed by atoms with Crippen molar-refractivity contribution in [3.05, 3.63) is 36.2 Å². The van der Waals surface area contributed by atoms with Gasteiger partial charge in [-0.25, -0.2) is 4.39 Å². The molecule has 0 aromatic carbocycles. The third-order valence-electron chi connectivity index (χ3n) is 2.24. The van der Waals surface area contributed by atoms with Crippen molar-refractivity contribution in [3.8, 4) is 0 Å². The quantitative estimate of drug-likeness (QED) is 0.634. The van der Waals surface area contributed by atoms with Gasteiger partial charge in [-0.15, -0.1) is 6.58 Å². The molecule has 0 spiro atoms. The molecule has 15 heavy (non-hydrogen) atoms. The van der Waals surface area contributed by atoms with Crippen LogP contribution < -0.4 is 0 Å². The van der Waals surface area contributed by atoms with Crippen molar-refractivity contribution >= 4 is 0 Å². The van der Waals surface area contributed by atoms with E-state index in [1.54, 1.807) is 0 Å². The topological polar surface area (TPSA) is 20.2 Å². The summed E-state index contributed by atoms with van der Waals surface area (Å²) in [6.07, 6.45) is 4.16.